The van der Waals surface area contributed by atoms with E-state index in [1.54, 1.807) is 41.5 Å². The summed E-state index contributed by atoms with van der Waals surface area (Å²) in [6, 6.07) is 2.07. The van der Waals surface area contributed by atoms with Gasteiger partial charge in [-0.3, -0.25) is 15.6 Å². The van der Waals surface area contributed by atoms with Crippen molar-refractivity contribution in [3.63, 3.8) is 0 Å². The third-order valence-corrected chi connectivity index (χ3v) is 5.52. The number of hydrogen-bond donors (Lipinski definition) is 2. The van der Waals surface area contributed by atoms with E-state index in [4.69, 9.17) is 14.2 Å². The Balaban J connectivity index is 1.93. The molecule has 31 heavy (non-hydrogen) atoms. The molecule has 2 N–H and O–H groups in total. The minimum absolute atomic E-state index is 0.386. The molecule has 8 nitrogen and oxygen atoms in total. The third-order valence-electron chi connectivity index (χ3n) is 4.48. The number of hydrogen-bond acceptors (Lipinski definition) is 7. The Morgan fingerprint density at radius 3 is 2.19 bits per heavy atom. The number of aromatic nitrogens is 1. The fraction of sp³-hybridized carbons (Fsp3) is 0.591. The lowest BCUT2D eigenvalue weighted by molar-refractivity contribution is 0.0621. The van der Waals surface area contributed by atoms with Crippen LogP contribution in [0.5, 0.6) is 0 Å². The second-order valence-electron chi connectivity index (χ2n) is 9.56. The molecular formula is C22H31N3O5S. The van der Waals surface area contributed by atoms with Gasteiger partial charge in [-0.2, -0.15) is 0 Å². The van der Waals surface area contributed by atoms with Gasteiger partial charge in [0.05, 0.1) is 4.70 Å². The molecule has 0 spiro atoms. The third kappa shape index (κ3) is 6.54. The lowest BCUT2D eigenvalue weighted by Gasteiger charge is -2.22. The van der Waals surface area contributed by atoms with Crippen LogP contribution in [-0.4, -0.2) is 41.6 Å². The molecule has 9 heteroatoms. The highest BCUT2D eigenvalue weighted by molar-refractivity contribution is 7.23. The molecule has 1 fully saturated rings. The van der Waals surface area contributed by atoms with Crippen LogP contribution < -0.4 is 10.6 Å². The van der Waals surface area contributed by atoms with E-state index in [2.05, 4.69) is 21.7 Å². The largest absolute Gasteiger partial charge is 0.444 e. The SMILES string of the molecule is CC(C)(C)OC(=O)Nc1sc2cc(C3CCOCC3)cnc2c1NC(=O)OC(C)(C)C. The second kappa shape index (κ2) is 9.00. The predicted molar refractivity (Wildman–Crippen MR) is 122 cm³/mol. The van der Waals surface area contributed by atoms with Crippen molar-refractivity contribution in [2.45, 2.75) is 71.5 Å². The predicted octanol–water partition coefficient (Wildman–Crippen LogP) is 5.88. The molecule has 1 aliphatic heterocycles. The lowest BCUT2D eigenvalue weighted by Crippen LogP contribution is -2.28. The van der Waals surface area contributed by atoms with Crippen LogP contribution in [-0.2, 0) is 14.2 Å². The van der Waals surface area contributed by atoms with Crippen molar-refractivity contribution < 1.29 is 23.8 Å². The molecule has 1 aliphatic rings. The summed E-state index contributed by atoms with van der Waals surface area (Å²) in [4.78, 5) is 29.4. The number of nitrogens with zero attached hydrogens (tertiary/aromatic N) is 1. The molecule has 0 aromatic carbocycles. The number of rotatable bonds is 3. The van der Waals surface area contributed by atoms with Crippen LogP contribution in [0.15, 0.2) is 12.3 Å². The first-order valence-electron chi connectivity index (χ1n) is 10.4. The van der Waals surface area contributed by atoms with Crippen molar-refractivity contribution in [2.75, 3.05) is 23.8 Å². The molecule has 2 aromatic heterocycles. The number of pyridine rings is 1. The Hall–Kier alpha value is -2.39. The maximum absolute atomic E-state index is 12.4. The fourth-order valence-corrected chi connectivity index (χ4v) is 4.30. The van der Waals surface area contributed by atoms with Crippen LogP contribution >= 0.6 is 11.3 Å². The Kier molecular flexibility index (Phi) is 6.76. The Bertz CT molecular complexity index is 952. The Labute approximate surface area is 186 Å². The minimum Gasteiger partial charge on any atom is -0.444 e. The molecule has 2 aromatic rings. The maximum Gasteiger partial charge on any atom is 0.412 e. The van der Waals surface area contributed by atoms with Crippen LogP contribution in [0, 0.1) is 0 Å². The molecule has 0 saturated carbocycles. The highest BCUT2D eigenvalue weighted by Gasteiger charge is 2.25. The minimum atomic E-state index is -0.654. The van der Waals surface area contributed by atoms with Gasteiger partial charge in [0, 0.05) is 19.4 Å². The smallest absolute Gasteiger partial charge is 0.412 e. The normalized spacial score (nSPS) is 15.5. The first-order chi connectivity index (χ1) is 14.4. The Morgan fingerprint density at radius 2 is 1.61 bits per heavy atom. The van der Waals surface area contributed by atoms with Crippen molar-refractivity contribution in [3.8, 4) is 0 Å². The summed E-state index contributed by atoms with van der Waals surface area (Å²) >= 11 is 1.34. The number of carbonyl (C=O) groups is 2. The van der Waals surface area contributed by atoms with Gasteiger partial charge in [-0.15, -0.1) is 11.3 Å². The van der Waals surface area contributed by atoms with Crippen molar-refractivity contribution in [1.82, 2.24) is 4.98 Å². The topological polar surface area (TPSA) is 98.8 Å². The van der Waals surface area contributed by atoms with Crippen molar-refractivity contribution in [3.05, 3.63) is 17.8 Å². The molecule has 2 amide bonds. The molecule has 1 saturated heterocycles. The van der Waals surface area contributed by atoms with Crippen LogP contribution in [0.25, 0.3) is 10.2 Å². The zero-order valence-electron chi connectivity index (χ0n) is 19.0. The van der Waals surface area contributed by atoms with Gasteiger partial charge in [-0.05, 0) is 71.9 Å². The molecule has 3 rings (SSSR count). The van der Waals surface area contributed by atoms with E-state index in [1.165, 1.54) is 11.3 Å². The molecule has 0 bridgehead atoms. The van der Waals surface area contributed by atoms with E-state index in [9.17, 15) is 9.59 Å². The molecule has 0 unspecified atom stereocenters. The van der Waals surface area contributed by atoms with Gasteiger partial charge in [0.25, 0.3) is 0 Å². The van der Waals surface area contributed by atoms with E-state index in [-0.39, 0.29) is 0 Å². The Morgan fingerprint density at radius 1 is 1.03 bits per heavy atom. The molecular weight excluding hydrogens is 418 g/mol. The summed E-state index contributed by atoms with van der Waals surface area (Å²) in [6.45, 7) is 12.2. The van der Waals surface area contributed by atoms with Gasteiger partial charge in [0.15, 0.2) is 0 Å². The summed E-state index contributed by atoms with van der Waals surface area (Å²) in [6.07, 6.45) is 2.52. The number of fused-ring (bicyclic) bond motifs is 1. The highest BCUT2D eigenvalue weighted by Crippen LogP contribution is 2.41. The zero-order chi connectivity index (χ0) is 22.8. The highest BCUT2D eigenvalue weighted by atomic mass is 32.1. The van der Waals surface area contributed by atoms with E-state index >= 15 is 0 Å². The number of amides is 2. The van der Waals surface area contributed by atoms with Crippen molar-refractivity contribution in [2.24, 2.45) is 0 Å². The van der Waals surface area contributed by atoms with Crippen LogP contribution in [0.3, 0.4) is 0 Å². The number of thiophene rings is 1. The first-order valence-corrected chi connectivity index (χ1v) is 11.2. The van der Waals surface area contributed by atoms with Gasteiger partial charge < -0.3 is 14.2 Å². The summed E-state index contributed by atoms with van der Waals surface area (Å²) < 4.78 is 17.1. The molecule has 0 radical (unpaired) electrons. The van der Waals surface area contributed by atoms with Gasteiger partial charge >= 0.3 is 12.2 Å². The number of ether oxygens (including phenoxy) is 3. The van der Waals surface area contributed by atoms with E-state index in [0.717, 1.165) is 36.3 Å². The van der Waals surface area contributed by atoms with E-state index < -0.39 is 23.4 Å². The molecule has 3 heterocycles. The summed E-state index contributed by atoms with van der Waals surface area (Å²) in [5, 5.41) is 5.96. The number of nitrogens with one attached hydrogen (secondary N) is 2. The average molecular weight is 450 g/mol. The number of anilines is 2. The average Bonchev–Trinajstić information content (AvgIpc) is 2.95. The van der Waals surface area contributed by atoms with Crippen LogP contribution in [0.2, 0.25) is 0 Å². The standard InChI is InChI=1S/C22H31N3O5S/c1-21(2,3)29-19(26)24-17-16-15(31-18(17)25-20(27)30-22(4,5)6)11-14(12-23-16)13-7-9-28-10-8-13/h11-13H,7-10H2,1-6H3,(H,24,26)(H,25,27). The molecule has 0 atom stereocenters. The van der Waals surface area contributed by atoms with Gasteiger partial charge in [0.2, 0.25) is 0 Å². The van der Waals surface area contributed by atoms with Crippen LogP contribution in [0.4, 0.5) is 20.3 Å². The summed E-state index contributed by atoms with van der Waals surface area (Å²) in [5.41, 5.74) is 0.827. The first kappa shape index (κ1) is 23.3. The lowest BCUT2D eigenvalue weighted by atomic mass is 9.93. The maximum atomic E-state index is 12.4. The van der Waals surface area contributed by atoms with Gasteiger partial charge in [-0.1, -0.05) is 0 Å². The second-order valence-corrected chi connectivity index (χ2v) is 10.6. The van der Waals surface area contributed by atoms with Gasteiger partial charge in [-0.25, -0.2) is 9.59 Å². The fourth-order valence-electron chi connectivity index (χ4n) is 3.25. The quantitative estimate of drug-likeness (QED) is 0.607. The van der Waals surface area contributed by atoms with Crippen LogP contribution in [0.1, 0.15) is 65.9 Å². The summed E-state index contributed by atoms with van der Waals surface area (Å²) in [7, 11) is 0. The zero-order valence-corrected chi connectivity index (χ0v) is 19.8. The summed E-state index contributed by atoms with van der Waals surface area (Å²) in [5.74, 6) is 0.386. The van der Waals surface area contributed by atoms with Gasteiger partial charge in [0.1, 0.15) is 27.4 Å². The van der Waals surface area contributed by atoms with E-state index in [1.807, 2.05) is 6.20 Å². The monoisotopic (exact) mass is 449 g/mol. The number of carbonyl (C=O) groups excluding carboxylic acids is 2. The van der Waals surface area contributed by atoms with Crippen molar-refractivity contribution >= 4 is 44.4 Å². The van der Waals surface area contributed by atoms with E-state index in [0.29, 0.717) is 22.1 Å². The molecule has 170 valence electrons. The van der Waals surface area contributed by atoms with Crippen molar-refractivity contribution in [1.29, 1.82) is 0 Å². The molecule has 0 aliphatic carbocycles.